The Balaban J connectivity index is 2.41. The standard InChI is InChI=1S/C9H9ClN2S/c1-6-2-3-13-9(6)7-5-11-8(4-10)12-7/h2-3,5H,4H2,1H3,(H,11,12). The van der Waals surface area contributed by atoms with Crippen LogP contribution in [0.2, 0.25) is 0 Å². The Bertz CT molecular complexity index is 405. The van der Waals surface area contributed by atoms with Gasteiger partial charge < -0.3 is 4.98 Å². The number of imidazole rings is 1. The van der Waals surface area contributed by atoms with Crippen molar-refractivity contribution in [1.82, 2.24) is 9.97 Å². The first kappa shape index (κ1) is 8.78. The molecule has 0 saturated heterocycles. The summed E-state index contributed by atoms with van der Waals surface area (Å²) in [4.78, 5) is 8.56. The minimum absolute atomic E-state index is 0.435. The van der Waals surface area contributed by atoms with Crippen LogP contribution in [-0.4, -0.2) is 9.97 Å². The molecular weight excluding hydrogens is 204 g/mol. The third-order valence-corrected chi connectivity index (χ3v) is 3.16. The molecule has 1 N–H and O–H groups in total. The molecule has 0 aliphatic heterocycles. The number of hydrogen-bond donors (Lipinski definition) is 1. The van der Waals surface area contributed by atoms with Gasteiger partial charge in [0.1, 0.15) is 5.82 Å². The maximum Gasteiger partial charge on any atom is 0.121 e. The normalized spacial score (nSPS) is 10.6. The predicted octanol–water partition coefficient (Wildman–Crippen LogP) is 3.19. The molecule has 2 nitrogen and oxygen atoms in total. The average Bonchev–Trinajstić information content (AvgIpc) is 2.71. The molecule has 2 aromatic rings. The molecule has 0 saturated carbocycles. The Hall–Kier alpha value is -0.800. The van der Waals surface area contributed by atoms with Gasteiger partial charge in [-0.2, -0.15) is 0 Å². The Morgan fingerprint density at radius 2 is 2.46 bits per heavy atom. The van der Waals surface area contributed by atoms with Crippen molar-refractivity contribution in [2.75, 3.05) is 0 Å². The largest absolute Gasteiger partial charge is 0.340 e. The monoisotopic (exact) mass is 212 g/mol. The van der Waals surface area contributed by atoms with Gasteiger partial charge in [-0.05, 0) is 23.9 Å². The molecule has 4 heteroatoms. The van der Waals surface area contributed by atoms with E-state index in [1.807, 2.05) is 6.20 Å². The lowest BCUT2D eigenvalue weighted by Crippen LogP contribution is -1.79. The number of alkyl halides is 1. The van der Waals surface area contributed by atoms with Gasteiger partial charge in [0.2, 0.25) is 0 Å². The second-order valence-corrected chi connectivity index (χ2v) is 3.99. The average molecular weight is 213 g/mol. The van der Waals surface area contributed by atoms with Gasteiger partial charge in [0.25, 0.3) is 0 Å². The van der Waals surface area contributed by atoms with Crippen LogP contribution in [0.1, 0.15) is 11.4 Å². The number of aromatic amines is 1. The smallest absolute Gasteiger partial charge is 0.121 e. The molecule has 2 heterocycles. The quantitative estimate of drug-likeness (QED) is 0.762. The van der Waals surface area contributed by atoms with Crippen LogP contribution < -0.4 is 0 Å². The summed E-state index contributed by atoms with van der Waals surface area (Å²) >= 11 is 7.36. The maximum atomic E-state index is 5.65. The van der Waals surface area contributed by atoms with Gasteiger partial charge in [0, 0.05) is 0 Å². The number of nitrogens with zero attached hydrogens (tertiary/aromatic N) is 1. The van der Waals surface area contributed by atoms with E-state index in [2.05, 4.69) is 28.3 Å². The second-order valence-electron chi connectivity index (χ2n) is 2.81. The lowest BCUT2D eigenvalue weighted by atomic mass is 10.2. The van der Waals surface area contributed by atoms with Crippen LogP contribution in [0.3, 0.4) is 0 Å². The highest BCUT2D eigenvalue weighted by Gasteiger charge is 2.05. The fourth-order valence-electron chi connectivity index (χ4n) is 1.19. The summed E-state index contributed by atoms with van der Waals surface area (Å²) in [6.07, 6.45) is 1.83. The first-order chi connectivity index (χ1) is 6.31. The van der Waals surface area contributed by atoms with Crippen molar-refractivity contribution in [3.63, 3.8) is 0 Å². The molecular formula is C9H9ClN2S. The molecule has 0 unspecified atom stereocenters. The molecule has 0 aliphatic carbocycles. The van der Waals surface area contributed by atoms with Gasteiger partial charge >= 0.3 is 0 Å². The molecule has 0 bridgehead atoms. The summed E-state index contributed by atoms with van der Waals surface area (Å²) in [5, 5.41) is 2.08. The predicted molar refractivity (Wildman–Crippen MR) is 56.2 cm³/mol. The van der Waals surface area contributed by atoms with Gasteiger partial charge in [0.05, 0.1) is 22.6 Å². The summed E-state index contributed by atoms with van der Waals surface area (Å²) in [5.41, 5.74) is 2.33. The fraction of sp³-hybridized carbons (Fsp3) is 0.222. The zero-order valence-corrected chi connectivity index (χ0v) is 8.75. The highest BCUT2D eigenvalue weighted by atomic mass is 35.5. The molecule has 2 rings (SSSR count). The molecule has 0 aromatic carbocycles. The highest BCUT2D eigenvalue weighted by molar-refractivity contribution is 7.13. The summed E-state index contributed by atoms with van der Waals surface area (Å²) in [6.45, 7) is 2.09. The summed E-state index contributed by atoms with van der Waals surface area (Å²) < 4.78 is 0. The van der Waals surface area contributed by atoms with Gasteiger partial charge in [-0.15, -0.1) is 22.9 Å². The first-order valence-electron chi connectivity index (χ1n) is 3.95. The zero-order valence-electron chi connectivity index (χ0n) is 7.17. The van der Waals surface area contributed by atoms with E-state index in [1.165, 1.54) is 10.4 Å². The number of halogens is 1. The van der Waals surface area contributed by atoms with Crippen molar-refractivity contribution in [3.8, 4) is 10.6 Å². The van der Waals surface area contributed by atoms with Crippen molar-refractivity contribution in [3.05, 3.63) is 29.0 Å². The van der Waals surface area contributed by atoms with Crippen LogP contribution in [0.4, 0.5) is 0 Å². The Morgan fingerprint density at radius 3 is 3.00 bits per heavy atom. The first-order valence-corrected chi connectivity index (χ1v) is 5.37. The van der Waals surface area contributed by atoms with Crippen LogP contribution in [0.5, 0.6) is 0 Å². The molecule has 0 spiro atoms. The minimum Gasteiger partial charge on any atom is -0.340 e. The van der Waals surface area contributed by atoms with E-state index in [4.69, 9.17) is 11.6 Å². The van der Waals surface area contributed by atoms with Gasteiger partial charge in [-0.1, -0.05) is 0 Å². The lowest BCUT2D eigenvalue weighted by molar-refractivity contribution is 1.12. The zero-order chi connectivity index (χ0) is 9.26. The molecule has 0 fully saturated rings. The topological polar surface area (TPSA) is 28.7 Å². The molecule has 0 amide bonds. The molecule has 0 aliphatic rings. The van der Waals surface area contributed by atoms with E-state index in [1.54, 1.807) is 11.3 Å². The van der Waals surface area contributed by atoms with Gasteiger partial charge in [0.15, 0.2) is 0 Å². The molecule has 0 atom stereocenters. The number of H-pyrrole nitrogens is 1. The van der Waals surface area contributed by atoms with Crippen LogP contribution in [-0.2, 0) is 5.88 Å². The SMILES string of the molecule is Cc1ccsc1-c1cnc(CCl)[nH]1. The Kier molecular flexibility index (Phi) is 2.38. The van der Waals surface area contributed by atoms with E-state index in [0.29, 0.717) is 5.88 Å². The van der Waals surface area contributed by atoms with Gasteiger partial charge in [-0.3, -0.25) is 0 Å². The minimum atomic E-state index is 0.435. The van der Waals surface area contributed by atoms with E-state index in [9.17, 15) is 0 Å². The molecule has 68 valence electrons. The van der Waals surface area contributed by atoms with Crippen molar-refractivity contribution in [2.24, 2.45) is 0 Å². The fourth-order valence-corrected chi connectivity index (χ4v) is 2.22. The number of thiophene rings is 1. The summed E-state index contributed by atoms with van der Waals surface area (Å²) in [5.74, 6) is 1.26. The molecule has 2 aromatic heterocycles. The maximum absolute atomic E-state index is 5.65. The van der Waals surface area contributed by atoms with Crippen LogP contribution in [0.15, 0.2) is 17.6 Å². The van der Waals surface area contributed by atoms with E-state index < -0.39 is 0 Å². The molecule has 0 radical (unpaired) electrons. The number of nitrogens with one attached hydrogen (secondary N) is 1. The number of hydrogen-bond acceptors (Lipinski definition) is 2. The van der Waals surface area contributed by atoms with E-state index in [-0.39, 0.29) is 0 Å². The van der Waals surface area contributed by atoms with Crippen LogP contribution in [0, 0.1) is 6.92 Å². The third-order valence-electron chi connectivity index (χ3n) is 1.86. The van der Waals surface area contributed by atoms with Crippen LogP contribution >= 0.6 is 22.9 Å². The number of aryl methyl sites for hydroxylation is 1. The number of rotatable bonds is 2. The Morgan fingerprint density at radius 1 is 1.62 bits per heavy atom. The van der Waals surface area contributed by atoms with E-state index in [0.717, 1.165) is 11.5 Å². The van der Waals surface area contributed by atoms with Gasteiger partial charge in [-0.25, -0.2) is 4.98 Å². The third kappa shape index (κ3) is 1.62. The summed E-state index contributed by atoms with van der Waals surface area (Å²) in [6, 6.07) is 2.10. The van der Waals surface area contributed by atoms with Crippen molar-refractivity contribution < 1.29 is 0 Å². The highest BCUT2D eigenvalue weighted by Crippen LogP contribution is 2.27. The summed E-state index contributed by atoms with van der Waals surface area (Å²) in [7, 11) is 0. The van der Waals surface area contributed by atoms with Crippen molar-refractivity contribution in [2.45, 2.75) is 12.8 Å². The lowest BCUT2D eigenvalue weighted by Gasteiger charge is -1.93. The Labute approximate surface area is 85.6 Å². The number of aromatic nitrogens is 2. The second kappa shape index (κ2) is 3.52. The van der Waals surface area contributed by atoms with Crippen molar-refractivity contribution >= 4 is 22.9 Å². The van der Waals surface area contributed by atoms with Crippen LogP contribution in [0.25, 0.3) is 10.6 Å². The molecule has 13 heavy (non-hydrogen) atoms. The van der Waals surface area contributed by atoms with Crippen molar-refractivity contribution in [1.29, 1.82) is 0 Å². The van der Waals surface area contributed by atoms with E-state index >= 15 is 0 Å².